The van der Waals surface area contributed by atoms with Crippen LogP contribution in [0.25, 0.3) is 0 Å². The quantitative estimate of drug-likeness (QED) is 0.170. The van der Waals surface area contributed by atoms with Gasteiger partial charge in [-0.3, -0.25) is 9.80 Å². The summed E-state index contributed by atoms with van der Waals surface area (Å²) in [7, 11) is 4.58. The number of aromatic nitrogens is 3. The van der Waals surface area contributed by atoms with E-state index >= 15 is 0 Å². The number of nitrogens with zero attached hydrogens (tertiary/aromatic N) is 7. The average Bonchev–Trinajstić information content (AvgIpc) is 2.96. The van der Waals surface area contributed by atoms with Crippen LogP contribution in [0, 0.1) is 0 Å². The summed E-state index contributed by atoms with van der Waals surface area (Å²) in [6.45, 7) is 27.3. The second-order valence-electron chi connectivity index (χ2n) is 17.0. The van der Waals surface area contributed by atoms with E-state index in [1.807, 2.05) is 0 Å². The molecule has 0 amide bonds. The Morgan fingerprint density at radius 1 is 0.630 bits per heavy atom. The van der Waals surface area contributed by atoms with Crippen LogP contribution < -0.4 is 20.9 Å². The largest absolute Gasteiger partial charge is 0.354 e. The van der Waals surface area contributed by atoms with Gasteiger partial charge in [0.1, 0.15) is 0 Å². The SMILES string of the molecule is CCCCN(c1nc(NCCCCCCN)nc(N(CCCC)C2CC(C)(C)N(C)C(C)(C)C2)n1)C1CC(C)(C)N(C)C(C)(C)C1. The van der Waals surface area contributed by atoms with Crippen molar-refractivity contribution in [1.29, 1.82) is 0 Å². The summed E-state index contributed by atoms with van der Waals surface area (Å²) in [5.41, 5.74) is 6.06. The van der Waals surface area contributed by atoms with Crippen molar-refractivity contribution in [3.63, 3.8) is 0 Å². The van der Waals surface area contributed by atoms with Gasteiger partial charge in [0.2, 0.25) is 17.8 Å². The van der Waals surface area contributed by atoms with Crippen LogP contribution in [0.1, 0.15) is 146 Å². The molecule has 1 aromatic heterocycles. The topological polar surface area (TPSA) is 89.7 Å². The van der Waals surface area contributed by atoms with Gasteiger partial charge in [-0.25, -0.2) is 0 Å². The molecule has 46 heavy (non-hydrogen) atoms. The van der Waals surface area contributed by atoms with Crippen molar-refractivity contribution >= 4 is 17.8 Å². The summed E-state index contributed by atoms with van der Waals surface area (Å²) >= 11 is 0. The second kappa shape index (κ2) is 16.1. The molecule has 0 radical (unpaired) electrons. The lowest BCUT2D eigenvalue weighted by atomic mass is 9.77. The molecule has 3 heterocycles. The third-order valence-electron chi connectivity index (χ3n) is 11.5. The molecule has 9 nitrogen and oxygen atoms in total. The lowest BCUT2D eigenvalue weighted by Crippen LogP contribution is -2.63. The lowest BCUT2D eigenvalue weighted by Gasteiger charge is -2.56. The van der Waals surface area contributed by atoms with Gasteiger partial charge in [0, 0.05) is 53.9 Å². The number of nitrogens with one attached hydrogen (secondary N) is 1. The van der Waals surface area contributed by atoms with E-state index in [4.69, 9.17) is 20.7 Å². The predicted molar refractivity (Wildman–Crippen MR) is 198 cm³/mol. The molecule has 3 rings (SSSR count). The van der Waals surface area contributed by atoms with E-state index in [1.54, 1.807) is 0 Å². The molecule has 1 aromatic rings. The van der Waals surface area contributed by atoms with Crippen LogP contribution in [-0.4, -0.2) is 99.3 Å². The highest BCUT2D eigenvalue weighted by Gasteiger charge is 2.47. The molecule has 3 N–H and O–H groups in total. The maximum Gasteiger partial charge on any atom is 0.232 e. The van der Waals surface area contributed by atoms with Crippen molar-refractivity contribution in [3.05, 3.63) is 0 Å². The normalized spacial score (nSPS) is 21.8. The van der Waals surface area contributed by atoms with Gasteiger partial charge in [0.05, 0.1) is 0 Å². The number of rotatable bonds is 17. The lowest BCUT2D eigenvalue weighted by molar-refractivity contribution is -0.0130. The molecule has 0 saturated carbocycles. The molecule has 0 aromatic carbocycles. The predicted octanol–water partition coefficient (Wildman–Crippen LogP) is 7.32. The Morgan fingerprint density at radius 2 is 1.02 bits per heavy atom. The third kappa shape index (κ3) is 9.68. The summed E-state index contributed by atoms with van der Waals surface area (Å²) in [5, 5.41) is 3.65. The zero-order valence-electron chi connectivity index (χ0n) is 32.2. The molecule has 9 heteroatoms. The van der Waals surface area contributed by atoms with Crippen molar-refractivity contribution in [2.45, 2.75) is 181 Å². The smallest absolute Gasteiger partial charge is 0.232 e. The van der Waals surface area contributed by atoms with Crippen molar-refractivity contribution in [2.24, 2.45) is 5.73 Å². The Hall–Kier alpha value is -1.71. The van der Waals surface area contributed by atoms with Crippen molar-refractivity contribution in [3.8, 4) is 0 Å². The maximum absolute atomic E-state index is 5.74. The zero-order chi connectivity index (χ0) is 34.3. The van der Waals surface area contributed by atoms with Gasteiger partial charge in [0.25, 0.3) is 0 Å². The molecule has 2 aliphatic rings. The minimum absolute atomic E-state index is 0.0792. The summed E-state index contributed by atoms with van der Waals surface area (Å²) in [5.74, 6) is 2.41. The summed E-state index contributed by atoms with van der Waals surface area (Å²) in [4.78, 5) is 26.1. The van der Waals surface area contributed by atoms with Crippen LogP contribution in [0.4, 0.5) is 17.8 Å². The average molecular weight is 644 g/mol. The first-order chi connectivity index (χ1) is 21.5. The van der Waals surface area contributed by atoms with E-state index in [0.29, 0.717) is 12.1 Å². The fourth-order valence-electron chi connectivity index (χ4n) is 8.14. The zero-order valence-corrected chi connectivity index (χ0v) is 32.2. The highest BCUT2D eigenvalue weighted by Crippen LogP contribution is 2.42. The Balaban J connectivity index is 2.09. The van der Waals surface area contributed by atoms with E-state index in [9.17, 15) is 0 Å². The first kappa shape index (κ1) is 38.7. The summed E-state index contributed by atoms with van der Waals surface area (Å²) < 4.78 is 0. The van der Waals surface area contributed by atoms with Crippen LogP contribution >= 0.6 is 0 Å². The number of hydrogen-bond acceptors (Lipinski definition) is 9. The van der Waals surface area contributed by atoms with Gasteiger partial charge in [-0.05, 0) is 127 Å². The number of hydrogen-bond donors (Lipinski definition) is 2. The van der Waals surface area contributed by atoms with Gasteiger partial charge in [-0.15, -0.1) is 0 Å². The van der Waals surface area contributed by atoms with Gasteiger partial charge < -0.3 is 20.9 Å². The fraction of sp³-hybridized carbons (Fsp3) is 0.919. The highest BCUT2D eigenvalue weighted by atomic mass is 15.4. The number of anilines is 3. The Kier molecular flexibility index (Phi) is 13.6. The molecule has 0 spiro atoms. The molecule has 0 atom stereocenters. The van der Waals surface area contributed by atoms with Gasteiger partial charge in [-0.2, -0.15) is 15.0 Å². The molecule has 0 aliphatic carbocycles. The molecule has 0 unspecified atom stereocenters. The van der Waals surface area contributed by atoms with Gasteiger partial charge in [0.15, 0.2) is 0 Å². The van der Waals surface area contributed by atoms with Crippen LogP contribution in [0.3, 0.4) is 0 Å². The fourth-order valence-corrected chi connectivity index (χ4v) is 8.14. The van der Waals surface area contributed by atoms with Crippen molar-refractivity contribution < 1.29 is 0 Å². The number of likely N-dealkylation sites (tertiary alicyclic amines) is 2. The van der Waals surface area contributed by atoms with E-state index < -0.39 is 0 Å². The highest BCUT2D eigenvalue weighted by molar-refractivity contribution is 5.47. The van der Waals surface area contributed by atoms with Crippen LogP contribution in [0.5, 0.6) is 0 Å². The van der Waals surface area contributed by atoms with Crippen LogP contribution in [0.15, 0.2) is 0 Å². The molecular weight excluding hydrogens is 570 g/mol. The summed E-state index contributed by atoms with van der Waals surface area (Å²) in [6, 6.07) is 0.717. The number of unbranched alkanes of at least 4 members (excludes halogenated alkanes) is 5. The van der Waals surface area contributed by atoms with Crippen molar-refractivity contribution in [1.82, 2.24) is 24.8 Å². The van der Waals surface area contributed by atoms with E-state index in [1.165, 1.54) is 12.8 Å². The molecule has 2 fully saturated rings. The standard InChI is InChI=1S/C37H73N9/c1-13-15-23-45(29-25-34(3,4)43(11)35(5,6)26-29)32-40-31(39-22-20-18-17-19-21-38)41-33(42-32)46(24-16-14-2)30-27-36(7,8)44(12)37(9,10)28-30/h29-30H,13-28,38H2,1-12H3,(H,39,40,41,42). The Morgan fingerprint density at radius 3 is 1.39 bits per heavy atom. The first-order valence-electron chi connectivity index (χ1n) is 18.7. The second-order valence-corrected chi connectivity index (χ2v) is 17.0. The van der Waals surface area contributed by atoms with Gasteiger partial charge in [-0.1, -0.05) is 39.5 Å². The van der Waals surface area contributed by atoms with E-state index in [-0.39, 0.29) is 22.2 Å². The first-order valence-corrected chi connectivity index (χ1v) is 18.7. The maximum atomic E-state index is 5.74. The number of nitrogens with two attached hydrogens (primary N) is 1. The van der Waals surface area contributed by atoms with Crippen LogP contribution in [-0.2, 0) is 0 Å². The van der Waals surface area contributed by atoms with Crippen molar-refractivity contribution in [2.75, 3.05) is 55.4 Å². The minimum Gasteiger partial charge on any atom is -0.354 e. The molecule has 2 saturated heterocycles. The number of piperidine rings is 2. The van der Waals surface area contributed by atoms with E-state index in [2.05, 4.69) is 108 Å². The monoisotopic (exact) mass is 644 g/mol. The van der Waals surface area contributed by atoms with E-state index in [0.717, 1.165) is 108 Å². The molecular formula is C37H73N9. The molecule has 2 aliphatic heterocycles. The molecule has 0 bridgehead atoms. The summed E-state index contributed by atoms with van der Waals surface area (Å²) in [6.07, 6.45) is 13.4. The minimum atomic E-state index is 0.0792. The molecule has 266 valence electrons. The van der Waals surface area contributed by atoms with Gasteiger partial charge >= 0.3 is 0 Å². The Bertz CT molecular complexity index is 961. The van der Waals surface area contributed by atoms with Crippen LogP contribution in [0.2, 0.25) is 0 Å². The third-order valence-corrected chi connectivity index (χ3v) is 11.5. The Labute approximate surface area is 283 Å².